The van der Waals surface area contributed by atoms with Crippen LogP contribution in [-0.2, 0) is 6.54 Å². The Labute approximate surface area is 139 Å². The van der Waals surface area contributed by atoms with Crippen molar-refractivity contribution in [3.8, 4) is 0 Å². The molecular formula is C18H30N4O. The Bertz CT molecular complexity index is 490. The third-order valence-electron chi connectivity index (χ3n) is 4.25. The van der Waals surface area contributed by atoms with Crippen LogP contribution >= 0.6 is 0 Å². The molecule has 1 aromatic rings. The second-order valence-electron chi connectivity index (χ2n) is 6.41. The number of nitrogens with zero attached hydrogens (tertiary/aromatic N) is 2. The van der Waals surface area contributed by atoms with E-state index in [0.29, 0.717) is 12.6 Å². The van der Waals surface area contributed by atoms with Gasteiger partial charge in [0.1, 0.15) is 0 Å². The van der Waals surface area contributed by atoms with Gasteiger partial charge in [0, 0.05) is 32.4 Å². The molecule has 0 spiro atoms. The zero-order chi connectivity index (χ0) is 16.7. The smallest absolute Gasteiger partial charge is 0.191 e. The zero-order valence-corrected chi connectivity index (χ0v) is 14.5. The summed E-state index contributed by atoms with van der Waals surface area (Å²) in [5, 5.41) is 16.4. The molecule has 0 saturated heterocycles. The lowest BCUT2D eigenvalue weighted by Gasteiger charge is -2.27. The summed E-state index contributed by atoms with van der Waals surface area (Å²) >= 11 is 0. The predicted octanol–water partition coefficient (Wildman–Crippen LogP) is 2.11. The Hall–Kier alpha value is -1.75. The molecule has 0 unspecified atom stereocenters. The first kappa shape index (κ1) is 17.6. The highest BCUT2D eigenvalue weighted by molar-refractivity contribution is 5.80. The van der Waals surface area contributed by atoms with Crippen molar-refractivity contribution in [1.29, 1.82) is 0 Å². The largest absolute Gasteiger partial charge is 0.393 e. The summed E-state index contributed by atoms with van der Waals surface area (Å²) in [5.74, 6) is 0.866. The summed E-state index contributed by atoms with van der Waals surface area (Å²) in [6, 6.07) is 8.90. The minimum Gasteiger partial charge on any atom is -0.393 e. The van der Waals surface area contributed by atoms with Crippen LogP contribution in [0, 0.1) is 0 Å². The van der Waals surface area contributed by atoms with E-state index in [4.69, 9.17) is 0 Å². The van der Waals surface area contributed by atoms with Gasteiger partial charge in [-0.1, -0.05) is 12.1 Å². The van der Waals surface area contributed by atoms with Crippen LogP contribution in [0.2, 0.25) is 0 Å². The monoisotopic (exact) mass is 318 g/mol. The molecule has 1 fully saturated rings. The second-order valence-corrected chi connectivity index (χ2v) is 6.41. The van der Waals surface area contributed by atoms with Crippen LogP contribution in [0.15, 0.2) is 29.3 Å². The van der Waals surface area contributed by atoms with Crippen molar-refractivity contribution in [2.24, 2.45) is 4.99 Å². The number of benzene rings is 1. The van der Waals surface area contributed by atoms with Crippen molar-refractivity contribution in [3.63, 3.8) is 0 Å². The van der Waals surface area contributed by atoms with Crippen molar-refractivity contribution < 1.29 is 5.11 Å². The SMILES string of the molecule is CCNC(=NCc1ccc(N(C)C)cc1)NC1CCC(O)CC1. The van der Waals surface area contributed by atoms with Crippen molar-refractivity contribution in [2.75, 3.05) is 25.5 Å². The molecule has 1 saturated carbocycles. The van der Waals surface area contributed by atoms with Crippen molar-refractivity contribution >= 4 is 11.6 Å². The number of aliphatic hydroxyl groups excluding tert-OH is 1. The molecule has 1 aromatic carbocycles. The van der Waals surface area contributed by atoms with Crippen LogP contribution < -0.4 is 15.5 Å². The maximum atomic E-state index is 9.60. The lowest BCUT2D eigenvalue weighted by Crippen LogP contribution is -2.45. The third-order valence-corrected chi connectivity index (χ3v) is 4.25. The highest BCUT2D eigenvalue weighted by Gasteiger charge is 2.19. The number of rotatable bonds is 5. The number of hydrogen-bond donors (Lipinski definition) is 3. The molecule has 1 aliphatic rings. The summed E-state index contributed by atoms with van der Waals surface area (Å²) in [6.45, 7) is 3.59. The van der Waals surface area contributed by atoms with Gasteiger partial charge >= 0.3 is 0 Å². The molecule has 0 aromatic heterocycles. The summed E-state index contributed by atoms with van der Waals surface area (Å²) in [4.78, 5) is 6.78. The van der Waals surface area contributed by atoms with E-state index in [1.54, 1.807) is 0 Å². The van der Waals surface area contributed by atoms with E-state index in [0.717, 1.165) is 38.2 Å². The van der Waals surface area contributed by atoms with Gasteiger partial charge in [0.2, 0.25) is 0 Å². The van der Waals surface area contributed by atoms with E-state index < -0.39 is 0 Å². The van der Waals surface area contributed by atoms with Crippen LogP contribution in [-0.4, -0.2) is 43.9 Å². The van der Waals surface area contributed by atoms with E-state index in [1.165, 1.54) is 11.3 Å². The first-order chi connectivity index (χ1) is 11.1. The van der Waals surface area contributed by atoms with Gasteiger partial charge in [0.15, 0.2) is 5.96 Å². The van der Waals surface area contributed by atoms with Gasteiger partial charge in [0.25, 0.3) is 0 Å². The summed E-state index contributed by atoms with van der Waals surface area (Å²) in [7, 11) is 4.09. The van der Waals surface area contributed by atoms with Gasteiger partial charge in [-0.2, -0.15) is 0 Å². The van der Waals surface area contributed by atoms with Crippen molar-refractivity contribution in [2.45, 2.75) is 51.3 Å². The Kier molecular flexibility index (Phi) is 6.71. The summed E-state index contributed by atoms with van der Waals surface area (Å²) in [5.41, 5.74) is 2.40. The molecule has 0 bridgehead atoms. The molecule has 0 amide bonds. The topological polar surface area (TPSA) is 59.9 Å². The number of aliphatic hydroxyl groups is 1. The molecule has 128 valence electrons. The Balaban J connectivity index is 1.92. The highest BCUT2D eigenvalue weighted by atomic mass is 16.3. The van der Waals surface area contributed by atoms with Gasteiger partial charge in [0.05, 0.1) is 12.6 Å². The van der Waals surface area contributed by atoms with E-state index in [1.807, 2.05) is 14.1 Å². The molecule has 1 aliphatic carbocycles. The fourth-order valence-electron chi connectivity index (χ4n) is 2.80. The van der Waals surface area contributed by atoms with Crippen LogP contribution in [0.5, 0.6) is 0 Å². The quantitative estimate of drug-likeness (QED) is 0.575. The number of aliphatic imine (C=N–C) groups is 1. The number of guanidine groups is 1. The predicted molar refractivity (Wildman–Crippen MR) is 97.0 cm³/mol. The van der Waals surface area contributed by atoms with E-state index >= 15 is 0 Å². The molecule has 23 heavy (non-hydrogen) atoms. The molecule has 0 atom stereocenters. The Morgan fingerprint density at radius 2 is 1.83 bits per heavy atom. The van der Waals surface area contributed by atoms with Gasteiger partial charge in [-0.25, -0.2) is 4.99 Å². The van der Waals surface area contributed by atoms with E-state index in [-0.39, 0.29) is 6.10 Å². The fraction of sp³-hybridized carbons (Fsp3) is 0.611. The maximum absolute atomic E-state index is 9.60. The van der Waals surface area contributed by atoms with E-state index in [9.17, 15) is 5.11 Å². The van der Waals surface area contributed by atoms with Crippen LogP contribution in [0.1, 0.15) is 38.2 Å². The van der Waals surface area contributed by atoms with Crippen LogP contribution in [0.4, 0.5) is 5.69 Å². The number of anilines is 1. The molecule has 5 nitrogen and oxygen atoms in total. The number of hydrogen-bond acceptors (Lipinski definition) is 3. The van der Waals surface area contributed by atoms with Crippen LogP contribution in [0.25, 0.3) is 0 Å². The van der Waals surface area contributed by atoms with Gasteiger partial charge in [-0.15, -0.1) is 0 Å². The van der Waals surface area contributed by atoms with E-state index in [2.05, 4.69) is 51.7 Å². The molecule has 5 heteroatoms. The molecule has 0 radical (unpaired) electrons. The minimum atomic E-state index is -0.122. The summed E-state index contributed by atoms with van der Waals surface area (Å²) < 4.78 is 0. The van der Waals surface area contributed by atoms with Gasteiger partial charge < -0.3 is 20.6 Å². The van der Waals surface area contributed by atoms with Crippen molar-refractivity contribution in [1.82, 2.24) is 10.6 Å². The third kappa shape index (κ3) is 5.75. The van der Waals surface area contributed by atoms with Crippen LogP contribution in [0.3, 0.4) is 0 Å². The standard InChI is InChI=1S/C18H30N4O/c1-4-19-18(21-15-7-11-17(23)12-8-15)20-13-14-5-9-16(10-6-14)22(2)3/h5-6,9-10,15,17,23H,4,7-8,11-13H2,1-3H3,(H2,19,20,21). The molecule has 3 N–H and O–H groups in total. The second kappa shape index (κ2) is 8.77. The summed E-state index contributed by atoms with van der Waals surface area (Å²) in [6.07, 6.45) is 3.64. The normalized spacial score (nSPS) is 21.8. The van der Waals surface area contributed by atoms with Gasteiger partial charge in [-0.3, -0.25) is 0 Å². The highest BCUT2D eigenvalue weighted by Crippen LogP contribution is 2.18. The average Bonchev–Trinajstić information content (AvgIpc) is 2.55. The first-order valence-electron chi connectivity index (χ1n) is 8.57. The fourth-order valence-corrected chi connectivity index (χ4v) is 2.80. The Morgan fingerprint density at radius 3 is 2.39 bits per heavy atom. The minimum absolute atomic E-state index is 0.122. The van der Waals surface area contributed by atoms with Crippen molar-refractivity contribution in [3.05, 3.63) is 29.8 Å². The molecular weight excluding hydrogens is 288 g/mol. The zero-order valence-electron chi connectivity index (χ0n) is 14.5. The molecule has 2 rings (SSSR count). The Morgan fingerprint density at radius 1 is 1.17 bits per heavy atom. The lowest BCUT2D eigenvalue weighted by atomic mass is 9.93. The number of nitrogens with one attached hydrogen (secondary N) is 2. The maximum Gasteiger partial charge on any atom is 0.191 e. The average molecular weight is 318 g/mol. The lowest BCUT2D eigenvalue weighted by molar-refractivity contribution is 0.120. The van der Waals surface area contributed by atoms with Gasteiger partial charge in [-0.05, 0) is 50.3 Å². The molecule has 0 heterocycles. The first-order valence-corrected chi connectivity index (χ1v) is 8.57. The molecule has 0 aliphatic heterocycles.